The van der Waals surface area contributed by atoms with Crippen molar-refractivity contribution in [2.24, 2.45) is 0 Å². The fourth-order valence-electron chi connectivity index (χ4n) is 1.28. The predicted octanol–water partition coefficient (Wildman–Crippen LogP) is -0.371. The van der Waals surface area contributed by atoms with Gasteiger partial charge in [-0.3, -0.25) is 9.59 Å². The molecular weight excluding hydrogens is 258 g/mol. The molecule has 0 spiro atoms. The molecular formula is C11H24ClN3O3. The lowest BCUT2D eigenvalue weighted by Crippen LogP contribution is -2.44. The van der Waals surface area contributed by atoms with Crippen LogP contribution in [0.4, 0.5) is 0 Å². The molecule has 0 aromatic carbocycles. The normalized spacial score (nSPS) is 9.50. The molecule has 0 heterocycles. The maximum Gasteiger partial charge on any atom is 0.239 e. The highest BCUT2D eigenvalue weighted by Crippen LogP contribution is 1.88. The van der Waals surface area contributed by atoms with Gasteiger partial charge in [-0.05, 0) is 13.8 Å². The minimum Gasteiger partial charge on any atom is -0.383 e. The summed E-state index contributed by atoms with van der Waals surface area (Å²) in [6, 6.07) is 0. The maximum atomic E-state index is 11.7. The first-order chi connectivity index (χ1) is 8.15. The van der Waals surface area contributed by atoms with Crippen LogP contribution in [0.15, 0.2) is 0 Å². The van der Waals surface area contributed by atoms with E-state index in [-0.39, 0.29) is 37.3 Å². The van der Waals surface area contributed by atoms with E-state index in [9.17, 15) is 9.59 Å². The summed E-state index contributed by atoms with van der Waals surface area (Å²) in [5.74, 6) is -0.200. The lowest BCUT2D eigenvalue weighted by Gasteiger charge is -2.20. The molecule has 0 saturated carbocycles. The van der Waals surface area contributed by atoms with Gasteiger partial charge in [0.05, 0.1) is 19.7 Å². The van der Waals surface area contributed by atoms with Gasteiger partial charge in [-0.15, -0.1) is 12.4 Å². The zero-order valence-electron chi connectivity index (χ0n) is 11.3. The number of nitrogens with one attached hydrogen (secondary N) is 2. The van der Waals surface area contributed by atoms with E-state index in [1.165, 1.54) is 4.90 Å². The second-order valence-electron chi connectivity index (χ2n) is 3.53. The summed E-state index contributed by atoms with van der Waals surface area (Å²) in [6.45, 7) is 6.36. The first-order valence-electron chi connectivity index (χ1n) is 5.89. The van der Waals surface area contributed by atoms with E-state index in [0.29, 0.717) is 26.2 Å². The Bertz CT molecular complexity index is 240. The molecule has 0 aromatic heterocycles. The average Bonchev–Trinajstić information content (AvgIpc) is 2.31. The number of nitrogens with zero attached hydrogens (tertiary/aromatic N) is 1. The number of amides is 2. The van der Waals surface area contributed by atoms with Gasteiger partial charge in [0.15, 0.2) is 0 Å². The molecule has 0 radical (unpaired) electrons. The SMILES string of the molecule is CCNC(=O)CN(CC)C(=O)CNCCOC.Cl. The highest BCUT2D eigenvalue weighted by molar-refractivity contribution is 5.85. The van der Waals surface area contributed by atoms with E-state index in [2.05, 4.69) is 10.6 Å². The molecule has 0 aliphatic carbocycles. The molecule has 108 valence electrons. The third-order valence-electron chi connectivity index (χ3n) is 2.20. The summed E-state index contributed by atoms with van der Waals surface area (Å²) in [6.07, 6.45) is 0. The first-order valence-corrected chi connectivity index (χ1v) is 5.89. The van der Waals surface area contributed by atoms with Crippen LogP contribution >= 0.6 is 12.4 Å². The zero-order chi connectivity index (χ0) is 13.1. The average molecular weight is 282 g/mol. The Labute approximate surface area is 115 Å². The minimum atomic E-state index is -0.125. The van der Waals surface area contributed by atoms with Crippen molar-refractivity contribution in [3.05, 3.63) is 0 Å². The van der Waals surface area contributed by atoms with E-state index in [0.717, 1.165) is 0 Å². The van der Waals surface area contributed by atoms with Crippen molar-refractivity contribution in [2.75, 3.05) is 46.4 Å². The molecule has 0 aliphatic heterocycles. The molecule has 7 heteroatoms. The van der Waals surface area contributed by atoms with Crippen LogP contribution in [0.1, 0.15) is 13.8 Å². The summed E-state index contributed by atoms with van der Waals surface area (Å²) < 4.78 is 4.86. The second-order valence-corrected chi connectivity index (χ2v) is 3.53. The highest BCUT2D eigenvalue weighted by atomic mass is 35.5. The van der Waals surface area contributed by atoms with Crippen molar-refractivity contribution in [1.29, 1.82) is 0 Å². The molecule has 0 aliphatic rings. The molecule has 0 saturated heterocycles. The van der Waals surface area contributed by atoms with Crippen LogP contribution in [-0.4, -0.2) is 63.2 Å². The monoisotopic (exact) mass is 281 g/mol. The standard InChI is InChI=1S/C11H23N3O3.ClH/c1-4-13-10(15)9-14(5-2)11(16)8-12-6-7-17-3;/h12H,4-9H2,1-3H3,(H,13,15);1H. The number of rotatable bonds is 9. The van der Waals surface area contributed by atoms with Crippen LogP contribution in [0, 0.1) is 0 Å². The smallest absolute Gasteiger partial charge is 0.239 e. The Balaban J connectivity index is 0. The highest BCUT2D eigenvalue weighted by Gasteiger charge is 2.14. The van der Waals surface area contributed by atoms with E-state index in [4.69, 9.17) is 4.74 Å². The Hall–Kier alpha value is -0.850. The van der Waals surface area contributed by atoms with Crippen molar-refractivity contribution in [3.8, 4) is 0 Å². The van der Waals surface area contributed by atoms with E-state index >= 15 is 0 Å². The van der Waals surface area contributed by atoms with Gasteiger partial charge in [0.2, 0.25) is 11.8 Å². The number of methoxy groups -OCH3 is 1. The lowest BCUT2D eigenvalue weighted by molar-refractivity contribution is -0.135. The van der Waals surface area contributed by atoms with Gasteiger partial charge < -0.3 is 20.3 Å². The Kier molecular flexibility index (Phi) is 13.6. The molecule has 2 amide bonds. The molecule has 18 heavy (non-hydrogen) atoms. The molecule has 0 atom stereocenters. The topological polar surface area (TPSA) is 70.7 Å². The molecule has 2 N–H and O–H groups in total. The number of halogens is 1. The van der Waals surface area contributed by atoms with Crippen LogP contribution in [0.2, 0.25) is 0 Å². The third-order valence-corrected chi connectivity index (χ3v) is 2.20. The Morgan fingerprint density at radius 3 is 2.44 bits per heavy atom. The van der Waals surface area contributed by atoms with E-state index < -0.39 is 0 Å². The van der Waals surface area contributed by atoms with Gasteiger partial charge in [0.1, 0.15) is 0 Å². The fraction of sp³-hybridized carbons (Fsp3) is 0.818. The summed E-state index contributed by atoms with van der Waals surface area (Å²) in [5.41, 5.74) is 0. The van der Waals surface area contributed by atoms with Crippen LogP contribution in [0.5, 0.6) is 0 Å². The molecule has 0 unspecified atom stereocenters. The molecule has 0 fully saturated rings. The van der Waals surface area contributed by atoms with Crippen molar-refractivity contribution >= 4 is 24.2 Å². The largest absolute Gasteiger partial charge is 0.383 e. The van der Waals surface area contributed by atoms with Gasteiger partial charge in [-0.2, -0.15) is 0 Å². The molecule has 0 bridgehead atoms. The second kappa shape index (κ2) is 12.6. The van der Waals surface area contributed by atoms with Gasteiger partial charge in [-0.1, -0.05) is 0 Å². The van der Waals surface area contributed by atoms with E-state index in [1.807, 2.05) is 13.8 Å². The van der Waals surface area contributed by atoms with Crippen LogP contribution < -0.4 is 10.6 Å². The quantitative estimate of drug-likeness (QED) is 0.566. The maximum absolute atomic E-state index is 11.7. The molecule has 0 rings (SSSR count). The summed E-state index contributed by atoms with van der Waals surface area (Å²) in [4.78, 5) is 24.6. The number of carbonyl (C=O) groups is 2. The first kappa shape index (κ1) is 19.5. The van der Waals surface area contributed by atoms with Crippen molar-refractivity contribution in [2.45, 2.75) is 13.8 Å². The Morgan fingerprint density at radius 2 is 1.94 bits per heavy atom. The van der Waals surface area contributed by atoms with Crippen LogP contribution in [0.3, 0.4) is 0 Å². The lowest BCUT2D eigenvalue weighted by atomic mass is 10.4. The number of ether oxygens (including phenoxy) is 1. The van der Waals surface area contributed by atoms with Crippen molar-refractivity contribution in [3.63, 3.8) is 0 Å². The van der Waals surface area contributed by atoms with Crippen LogP contribution in [0.25, 0.3) is 0 Å². The molecule has 0 aromatic rings. The summed E-state index contributed by atoms with van der Waals surface area (Å²) in [7, 11) is 1.61. The van der Waals surface area contributed by atoms with Gasteiger partial charge in [0, 0.05) is 26.7 Å². The number of hydrogen-bond acceptors (Lipinski definition) is 4. The van der Waals surface area contributed by atoms with Gasteiger partial charge in [0.25, 0.3) is 0 Å². The number of likely N-dealkylation sites (N-methyl/N-ethyl adjacent to an activating group) is 2. The van der Waals surface area contributed by atoms with Crippen molar-refractivity contribution < 1.29 is 14.3 Å². The zero-order valence-corrected chi connectivity index (χ0v) is 12.1. The van der Waals surface area contributed by atoms with Crippen molar-refractivity contribution in [1.82, 2.24) is 15.5 Å². The minimum absolute atomic E-state index is 0. The molecule has 6 nitrogen and oxygen atoms in total. The summed E-state index contributed by atoms with van der Waals surface area (Å²) >= 11 is 0. The number of carbonyl (C=O) groups excluding carboxylic acids is 2. The fourth-order valence-corrected chi connectivity index (χ4v) is 1.28. The third kappa shape index (κ3) is 9.21. The predicted molar refractivity (Wildman–Crippen MR) is 72.9 cm³/mol. The van der Waals surface area contributed by atoms with Crippen LogP contribution in [-0.2, 0) is 14.3 Å². The van der Waals surface area contributed by atoms with E-state index in [1.54, 1.807) is 7.11 Å². The van der Waals surface area contributed by atoms with Gasteiger partial charge in [-0.25, -0.2) is 0 Å². The number of hydrogen-bond donors (Lipinski definition) is 2. The Morgan fingerprint density at radius 1 is 1.28 bits per heavy atom. The summed E-state index contributed by atoms with van der Waals surface area (Å²) in [5, 5.41) is 5.63. The van der Waals surface area contributed by atoms with Gasteiger partial charge >= 0.3 is 0 Å².